The average molecular weight is 697 g/mol. The number of hydrogen-bond donors (Lipinski definition) is 2. The van der Waals surface area contributed by atoms with Crippen LogP contribution < -0.4 is 0 Å². The van der Waals surface area contributed by atoms with Crippen molar-refractivity contribution >= 4 is 46.4 Å². The first-order chi connectivity index (χ1) is 26.4. The van der Waals surface area contributed by atoms with Crippen molar-refractivity contribution in [1.82, 2.24) is 19.9 Å². The predicted octanol–water partition coefficient (Wildman–Crippen LogP) is 13.0. The van der Waals surface area contributed by atoms with Crippen LogP contribution in [0.15, 0.2) is 134 Å². The maximum absolute atomic E-state index is 5.41. The van der Waals surface area contributed by atoms with Crippen LogP contribution in [0.1, 0.15) is 45.0 Å². The summed E-state index contributed by atoms with van der Waals surface area (Å²) in [5.74, 6) is 0. The van der Waals surface area contributed by atoms with E-state index in [0.29, 0.717) is 0 Å². The van der Waals surface area contributed by atoms with E-state index in [1.807, 2.05) is 6.08 Å². The van der Waals surface area contributed by atoms with E-state index >= 15 is 0 Å². The molecule has 0 aliphatic carbocycles. The molecule has 0 saturated carbocycles. The summed E-state index contributed by atoms with van der Waals surface area (Å²) in [5, 5.41) is 0. The van der Waals surface area contributed by atoms with Crippen LogP contribution >= 0.6 is 0 Å². The third kappa shape index (κ3) is 6.12. The van der Waals surface area contributed by atoms with Gasteiger partial charge in [-0.25, -0.2) is 9.97 Å². The van der Waals surface area contributed by atoms with Gasteiger partial charge >= 0.3 is 0 Å². The number of allylic oxidation sites excluding steroid dienone is 1. The molecular weight excluding hydrogens is 657 g/mol. The van der Waals surface area contributed by atoms with Crippen LogP contribution in [-0.2, 0) is 6.42 Å². The van der Waals surface area contributed by atoms with Crippen LogP contribution in [0.4, 0.5) is 0 Å². The molecule has 4 nitrogen and oxygen atoms in total. The normalized spacial score (nSPS) is 12.0. The summed E-state index contributed by atoms with van der Waals surface area (Å²) in [6.45, 7) is 10.3. The number of nitrogens with one attached hydrogen (secondary N) is 2. The Balaban J connectivity index is 1.45. The Bertz CT molecular complexity index is 2650. The second-order valence-corrected chi connectivity index (χ2v) is 14.3. The SMILES string of the molecule is C=CCc1ccc(-c2c3ccc([nH]3)c(-c3ccc(C)cc3)c3nc(c(-c4ccc(C)cc4)c4nc(c(-c5ccc(C)cc5)c5ccc2[nH]5)C=C4)C=C3)cc1. The topological polar surface area (TPSA) is 57.4 Å². The molecule has 0 saturated heterocycles. The fourth-order valence-corrected chi connectivity index (χ4v) is 7.56. The van der Waals surface area contributed by atoms with Gasteiger partial charge in [0.25, 0.3) is 0 Å². The Labute approximate surface area is 316 Å². The van der Waals surface area contributed by atoms with Gasteiger partial charge in [0.15, 0.2) is 0 Å². The number of benzene rings is 4. The molecule has 0 radical (unpaired) electrons. The average Bonchev–Trinajstić information content (AvgIpc) is 4.02. The van der Waals surface area contributed by atoms with Gasteiger partial charge in [0.1, 0.15) is 0 Å². The summed E-state index contributed by atoms with van der Waals surface area (Å²) in [6, 6.07) is 43.7. The number of rotatable bonds is 6. The van der Waals surface area contributed by atoms with Crippen molar-refractivity contribution in [2.75, 3.05) is 0 Å². The first kappa shape index (κ1) is 33.1. The van der Waals surface area contributed by atoms with E-state index < -0.39 is 0 Å². The largest absolute Gasteiger partial charge is 0.354 e. The Hall–Kier alpha value is -6.78. The molecule has 0 amide bonds. The summed E-state index contributed by atoms with van der Waals surface area (Å²) < 4.78 is 0. The molecule has 0 fully saturated rings. The molecule has 4 heteroatoms. The summed E-state index contributed by atoms with van der Waals surface area (Å²) in [5.41, 5.74) is 21.0. The molecule has 2 aliphatic heterocycles. The quantitative estimate of drug-likeness (QED) is 0.170. The van der Waals surface area contributed by atoms with Crippen LogP contribution in [-0.4, -0.2) is 19.9 Å². The van der Waals surface area contributed by atoms with Gasteiger partial charge < -0.3 is 9.97 Å². The van der Waals surface area contributed by atoms with Crippen molar-refractivity contribution < 1.29 is 0 Å². The highest BCUT2D eigenvalue weighted by Gasteiger charge is 2.19. The first-order valence-corrected chi connectivity index (χ1v) is 18.5. The van der Waals surface area contributed by atoms with Crippen molar-refractivity contribution in [1.29, 1.82) is 0 Å². The maximum Gasteiger partial charge on any atom is 0.0738 e. The number of H-pyrrole nitrogens is 2. The highest BCUT2D eigenvalue weighted by molar-refractivity contribution is 6.00. The van der Waals surface area contributed by atoms with E-state index in [0.717, 1.165) is 95.8 Å². The van der Waals surface area contributed by atoms with Gasteiger partial charge in [0.05, 0.1) is 22.8 Å². The fourth-order valence-electron chi connectivity index (χ4n) is 7.56. The Morgan fingerprint density at radius 2 is 0.722 bits per heavy atom. The lowest BCUT2D eigenvalue weighted by molar-refractivity contribution is 1.27. The summed E-state index contributed by atoms with van der Waals surface area (Å²) in [6.07, 6.45) is 11.3. The molecule has 3 aromatic heterocycles. The Morgan fingerprint density at radius 1 is 0.407 bits per heavy atom. The van der Waals surface area contributed by atoms with Crippen LogP contribution in [0.3, 0.4) is 0 Å². The third-order valence-electron chi connectivity index (χ3n) is 10.4. The Kier molecular flexibility index (Phi) is 8.36. The van der Waals surface area contributed by atoms with Gasteiger partial charge in [0.2, 0.25) is 0 Å². The number of fused-ring (bicyclic) bond motifs is 8. The standard InChI is InChI=1S/C50H40N4/c1-5-6-34-13-21-38(22-14-34)50-45-29-27-43(53-45)48(36-17-9-32(3)10-18-36)41-25-23-39(51-41)47(35-15-7-31(2)8-16-35)40-24-26-42(52-40)49(44-28-30-46(50)54-44)37-19-11-33(4)12-20-37/h5,7-30,53-54H,1,6H2,2-4H3. The van der Waals surface area contributed by atoms with Crippen LogP contribution in [0, 0.1) is 20.8 Å². The van der Waals surface area contributed by atoms with Crippen LogP contribution in [0.2, 0.25) is 0 Å². The van der Waals surface area contributed by atoms with Crippen LogP contribution in [0.25, 0.3) is 90.9 Å². The third-order valence-corrected chi connectivity index (χ3v) is 10.4. The van der Waals surface area contributed by atoms with E-state index in [4.69, 9.17) is 9.97 Å². The minimum absolute atomic E-state index is 0.824. The van der Waals surface area contributed by atoms with E-state index in [1.54, 1.807) is 0 Å². The molecule has 260 valence electrons. The van der Waals surface area contributed by atoms with Gasteiger partial charge in [-0.1, -0.05) is 120 Å². The molecule has 2 aliphatic rings. The molecule has 0 spiro atoms. The number of aromatic nitrogens is 4. The second-order valence-electron chi connectivity index (χ2n) is 14.3. The summed E-state index contributed by atoms with van der Waals surface area (Å²) >= 11 is 0. The first-order valence-electron chi connectivity index (χ1n) is 18.5. The molecule has 9 rings (SSSR count). The van der Waals surface area contributed by atoms with E-state index in [2.05, 4.69) is 183 Å². The number of nitrogens with zero attached hydrogens (tertiary/aromatic N) is 2. The highest BCUT2D eigenvalue weighted by atomic mass is 14.8. The minimum Gasteiger partial charge on any atom is -0.354 e. The maximum atomic E-state index is 5.41. The van der Waals surface area contributed by atoms with E-state index in [1.165, 1.54) is 22.3 Å². The fraction of sp³-hybridized carbons (Fsp3) is 0.0800. The monoisotopic (exact) mass is 696 g/mol. The number of hydrogen-bond acceptors (Lipinski definition) is 2. The van der Waals surface area contributed by atoms with Crippen molar-refractivity contribution in [3.05, 3.63) is 179 Å². The van der Waals surface area contributed by atoms with E-state index in [9.17, 15) is 0 Å². The number of aromatic amines is 2. The zero-order valence-corrected chi connectivity index (χ0v) is 30.7. The van der Waals surface area contributed by atoms with Crippen molar-refractivity contribution in [2.24, 2.45) is 0 Å². The Morgan fingerprint density at radius 3 is 1.11 bits per heavy atom. The summed E-state index contributed by atoms with van der Waals surface area (Å²) in [7, 11) is 0. The van der Waals surface area contributed by atoms with Crippen molar-refractivity contribution in [3.63, 3.8) is 0 Å². The zero-order valence-electron chi connectivity index (χ0n) is 30.7. The molecule has 5 heterocycles. The molecule has 4 aromatic carbocycles. The smallest absolute Gasteiger partial charge is 0.0738 e. The van der Waals surface area contributed by atoms with Gasteiger partial charge in [0, 0.05) is 44.3 Å². The molecule has 7 aromatic rings. The van der Waals surface area contributed by atoms with Crippen LogP contribution in [0.5, 0.6) is 0 Å². The van der Waals surface area contributed by atoms with E-state index in [-0.39, 0.29) is 0 Å². The minimum atomic E-state index is 0.824. The summed E-state index contributed by atoms with van der Waals surface area (Å²) in [4.78, 5) is 18.6. The molecule has 8 bridgehead atoms. The molecule has 2 N–H and O–H groups in total. The molecule has 0 unspecified atom stereocenters. The second kappa shape index (κ2) is 13.6. The van der Waals surface area contributed by atoms with Gasteiger partial charge in [-0.05, 0) is 104 Å². The lowest BCUT2D eigenvalue weighted by Crippen LogP contribution is -1.91. The van der Waals surface area contributed by atoms with Crippen molar-refractivity contribution in [3.8, 4) is 44.5 Å². The molecular formula is C50H40N4. The lowest BCUT2D eigenvalue weighted by atomic mass is 10.0. The zero-order chi connectivity index (χ0) is 36.8. The van der Waals surface area contributed by atoms with Crippen molar-refractivity contribution in [2.45, 2.75) is 27.2 Å². The predicted molar refractivity (Wildman–Crippen MR) is 229 cm³/mol. The lowest BCUT2D eigenvalue weighted by Gasteiger charge is -2.08. The highest BCUT2D eigenvalue weighted by Crippen LogP contribution is 2.38. The van der Waals surface area contributed by atoms with Gasteiger partial charge in [-0.2, -0.15) is 0 Å². The van der Waals surface area contributed by atoms with Gasteiger partial charge in [-0.3, -0.25) is 0 Å². The molecule has 54 heavy (non-hydrogen) atoms. The molecule has 0 atom stereocenters. The van der Waals surface area contributed by atoms with Gasteiger partial charge in [-0.15, -0.1) is 6.58 Å². The number of aryl methyl sites for hydroxylation is 3.